The molecule has 0 bridgehead atoms. The maximum absolute atomic E-state index is 13.4. The van der Waals surface area contributed by atoms with Crippen LogP contribution in [-0.4, -0.2) is 68.6 Å². The molecular formula is C21H22N6O4S2. The summed E-state index contributed by atoms with van der Waals surface area (Å²) in [6, 6.07) is 12.2. The van der Waals surface area contributed by atoms with Crippen molar-refractivity contribution in [2.45, 2.75) is 4.21 Å². The van der Waals surface area contributed by atoms with Gasteiger partial charge in [0.2, 0.25) is 5.95 Å². The molecule has 0 spiro atoms. The van der Waals surface area contributed by atoms with Gasteiger partial charge in [0.15, 0.2) is 0 Å². The number of nitrogens with zero attached hydrogens (tertiary/aromatic N) is 4. The molecule has 0 radical (unpaired) electrons. The number of carbonyl (C=O) groups excluding carboxylic acids is 1. The largest absolute Gasteiger partial charge is 0.489 e. The average molecular weight is 487 g/mol. The standard InChI is InChI=1S/C21H22N6O4S2/c28-21-24-10-12-26(21)11-9-23-20-22-8-7-15(25-20)18-5-6-19(32-18)33(29,30)27-13-14-31-17-4-2-1-3-16(17)27/h1-8H,9-14H2,(H,24,28)(H,22,23,25). The number of anilines is 2. The quantitative estimate of drug-likeness (QED) is 0.526. The van der Waals surface area contributed by atoms with Crippen LogP contribution in [0.4, 0.5) is 16.4 Å². The predicted octanol–water partition coefficient (Wildman–Crippen LogP) is 2.23. The van der Waals surface area contributed by atoms with E-state index in [1.54, 1.807) is 47.5 Å². The zero-order valence-electron chi connectivity index (χ0n) is 17.6. The lowest BCUT2D eigenvalue weighted by Crippen LogP contribution is -2.37. The van der Waals surface area contributed by atoms with E-state index in [4.69, 9.17) is 4.74 Å². The van der Waals surface area contributed by atoms with Gasteiger partial charge < -0.3 is 20.3 Å². The summed E-state index contributed by atoms with van der Waals surface area (Å²) in [6.07, 6.45) is 1.62. The minimum absolute atomic E-state index is 0.0679. The monoisotopic (exact) mass is 486 g/mol. The summed E-state index contributed by atoms with van der Waals surface area (Å²) in [7, 11) is -3.73. The first-order valence-electron chi connectivity index (χ1n) is 10.5. The number of aromatic nitrogens is 2. The summed E-state index contributed by atoms with van der Waals surface area (Å²) in [6.45, 7) is 2.95. The molecule has 2 amide bonds. The Morgan fingerprint density at radius 3 is 2.88 bits per heavy atom. The van der Waals surface area contributed by atoms with Crippen molar-refractivity contribution in [1.82, 2.24) is 20.2 Å². The number of hydrogen-bond donors (Lipinski definition) is 2. The zero-order valence-corrected chi connectivity index (χ0v) is 19.2. The second-order valence-electron chi connectivity index (χ2n) is 7.42. The van der Waals surface area contributed by atoms with Gasteiger partial charge in [-0.05, 0) is 30.3 Å². The van der Waals surface area contributed by atoms with Gasteiger partial charge in [0.05, 0.1) is 22.8 Å². The highest BCUT2D eigenvalue weighted by Gasteiger charge is 2.31. The van der Waals surface area contributed by atoms with Gasteiger partial charge in [-0.3, -0.25) is 4.31 Å². The summed E-state index contributed by atoms with van der Waals surface area (Å²) in [5.41, 5.74) is 1.17. The molecule has 1 saturated heterocycles. The Balaban J connectivity index is 1.32. The van der Waals surface area contributed by atoms with Crippen LogP contribution in [0.3, 0.4) is 0 Å². The number of carbonyl (C=O) groups is 1. The fourth-order valence-corrected chi connectivity index (χ4v) is 6.56. The van der Waals surface area contributed by atoms with Crippen molar-refractivity contribution in [3.05, 3.63) is 48.7 Å². The first-order valence-corrected chi connectivity index (χ1v) is 12.7. The van der Waals surface area contributed by atoms with E-state index in [1.165, 1.54) is 4.31 Å². The summed E-state index contributed by atoms with van der Waals surface area (Å²) in [5.74, 6) is 0.981. The van der Waals surface area contributed by atoms with Crippen LogP contribution in [0, 0.1) is 0 Å². The molecule has 10 nitrogen and oxygen atoms in total. The first-order chi connectivity index (χ1) is 16.0. The molecule has 5 rings (SSSR count). The molecule has 2 aliphatic heterocycles. The summed E-state index contributed by atoms with van der Waals surface area (Å²) < 4.78 is 33.9. The van der Waals surface area contributed by atoms with Gasteiger partial charge in [-0.15, -0.1) is 11.3 Å². The Bertz CT molecular complexity index is 1280. The van der Waals surface area contributed by atoms with Crippen LogP contribution in [0.2, 0.25) is 0 Å². The van der Waals surface area contributed by atoms with E-state index in [1.807, 2.05) is 6.07 Å². The molecule has 0 unspecified atom stereocenters. The van der Waals surface area contributed by atoms with Gasteiger partial charge >= 0.3 is 6.03 Å². The Hall–Kier alpha value is -3.38. The minimum Gasteiger partial charge on any atom is -0.489 e. The highest BCUT2D eigenvalue weighted by molar-refractivity contribution is 7.94. The van der Waals surface area contributed by atoms with Crippen molar-refractivity contribution in [1.29, 1.82) is 0 Å². The lowest BCUT2D eigenvalue weighted by molar-refractivity contribution is 0.219. The number of nitrogens with one attached hydrogen (secondary N) is 2. The van der Waals surface area contributed by atoms with E-state index in [-0.39, 0.29) is 16.8 Å². The second-order valence-corrected chi connectivity index (χ2v) is 10.6. The van der Waals surface area contributed by atoms with E-state index in [0.717, 1.165) is 16.2 Å². The molecule has 1 aromatic carbocycles. The molecule has 3 aromatic rings. The maximum Gasteiger partial charge on any atom is 0.317 e. The van der Waals surface area contributed by atoms with Gasteiger partial charge in [-0.25, -0.2) is 23.2 Å². The fraction of sp³-hybridized carbons (Fsp3) is 0.286. The average Bonchev–Trinajstić information content (AvgIpc) is 3.49. The third-order valence-electron chi connectivity index (χ3n) is 5.33. The topological polar surface area (TPSA) is 117 Å². The summed E-state index contributed by atoms with van der Waals surface area (Å²) in [4.78, 5) is 22.8. The van der Waals surface area contributed by atoms with Crippen LogP contribution in [0.15, 0.2) is 52.9 Å². The normalized spacial score (nSPS) is 15.7. The third kappa shape index (κ3) is 4.31. The minimum atomic E-state index is -3.73. The van der Waals surface area contributed by atoms with Crippen LogP contribution < -0.4 is 19.7 Å². The molecule has 2 N–H and O–H groups in total. The van der Waals surface area contributed by atoms with Crippen LogP contribution in [0.1, 0.15) is 0 Å². The molecule has 1 fully saturated rings. The summed E-state index contributed by atoms with van der Waals surface area (Å²) in [5, 5.41) is 5.88. The lowest BCUT2D eigenvalue weighted by atomic mass is 10.2. The van der Waals surface area contributed by atoms with E-state index in [0.29, 0.717) is 55.9 Å². The van der Waals surface area contributed by atoms with Gasteiger partial charge in [-0.2, -0.15) is 0 Å². The molecule has 0 atom stereocenters. The van der Waals surface area contributed by atoms with E-state index < -0.39 is 10.0 Å². The number of urea groups is 1. The first kappa shape index (κ1) is 21.5. The summed E-state index contributed by atoms with van der Waals surface area (Å²) >= 11 is 1.16. The number of fused-ring (bicyclic) bond motifs is 1. The molecule has 33 heavy (non-hydrogen) atoms. The number of amides is 2. The van der Waals surface area contributed by atoms with Crippen LogP contribution in [-0.2, 0) is 10.0 Å². The number of rotatable bonds is 7. The van der Waals surface area contributed by atoms with Crippen molar-refractivity contribution in [3.63, 3.8) is 0 Å². The van der Waals surface area contributed by atoms with Crippen molar-refractivity contribution in [3.8, 4) is 16.3 Å². The fourth-order valence-electron chi connectivity index (χ4n) is 3.71. The van der Waals surface area contributed by atoms with Crippen molar-refractivity contribution in [2.24, 2.45) is 0 Å². The Morgan fingerprint density at radius 2 is 2.03 bits per heavy atom. The van der Waals surface area contributed by atoms with E-state index in [2.05, 4.69) is 20.6 Å². The molecule has 4 heterocycles. The van der Waals surface area contributed by atoms with Gasteiger partial charge in [-0.1, -0.05) is 12.1 Å². The molecule has 2 aromatic heterocycles. The molecule has 172 valence electrons. The van der Waals surface area contributed by atoms with Gasteiger partial charge in [0.1, 0.15) is 16.6 Å². The Labute approximate surface area is 195 Å². The highest BCUT2D eigenvalue weighted by Crippen LogP contribution is 2.38. The van der Waals surface area contributed by atoms with Gasteiger partial charge in [0.25, 0.3) is 10.0 Å². The maximum atomic E-state index is 13.4. The number of benzene rings is 1. The number of ether oxygens (including phenoxy) is 1. The molecule has 0 aliphatic carbocycles. The zero-order chi connectivity index (χ0) is 22.8. The van der Waals surface area contributed by atoms with Gasteiger partial charge in [0, 0.05) is 32.4 Å². The number of hydrogen-bond acceptors (Lipinski definition) is 8. The van der Waals surface area contributed by atoms with Crippen LogP contribution >= 0.6 is 11.3 Å². The molecule has 0 saturated carbocycles. The van der Waals surface area contributed by atoms with E-state index in [9.17, 15) is 13.2 Å². The van der Waals surface area contributed by atoms with Crippen LogP contribution in [0.25, 0.3) is 10.6 Å². The number of para-hydroxylation sites is 2. The van der Waals surface area contributed by atoms with Crippen molar-refractivity contribution < 1.29 is 17.9 Å². The van der Waals surface area contributed by atoms with E-state index >= 15 is 0 Å². The smallest absolute Gasteiger partial charge is 0.317 e. The highest BCUT2D eigenvalue weighted by atomic mass is 32.2. The second kappa shape index (κ2) is 8.87. The van der Waals surface area contributed by atoms with Crippen molar-refractivity contribution >= 4 is 39.0 Å². The predicted molar refractivity (Wildman–Crippen MR) is 125 cm³/mol. The molecule has 2 aliphatic rings. The Morgan fingerprint density at radius 1 is 1.15 bits per heavy atom. The number of sulfonamides is 1. The SMILES string of the molecule is O=C1NCCN1CCNc1nccc(-c2ccc(S(=O)(=O)N3CCOc4ccccc43)s2)n1. The third-order valence-corrected chi connectivity index (χ3v) is 8.72. The molecule has 12 heteroatoms. The van der Waals surface area contributed by atoms with Crippen LogP contribution in [0.5, 0.6) is 5.75 Å². The van der Waals surface area contributed by atoms with Crippen molar-refractivity contribution in [2.75, 3.05) is 49.0 Å². The lowest BCUT2D eigenvalue weighted by Gasteiger charge is -2.29. The number of thiophene rings is 1. The Kier molecular flexibility index (Phi) is 5.77. The molecular weight excluding hydrogens is 464 g/mol.